The molecular weight excluding hydrogens is 465 g/mol. The fourth-order valence-corrected chi connectivity index (χ4v) is 4.73. The van der Waals surface area contributed by atoms with Gasteiger partial charge in [0.15, 0.2) is 0 Å². The van der Waals surface area contributed by atoms with Gasteiger partial charge in [0.25, 0.3) is 5.69 Å². The van der Waals surface area contributed by atoms with E-state index in [9.17, 15) is 28.1 Å². The number of hydrogen-bond donors (Lipinski definition) is 0. The van der Waals surface area contributed by atoms with Gasteiger partial charge in [-0.1, -0.05) is 6.07 Å². The highest BCUT2D eigenvalue weighted by atomic mass is 19.4. The Kier molecular flexibility index (Phi) is 7.04. The molecule has 2 fully saturated rings. The Morgan fingerprint density at radius 2 is 1.69 bits per heavy atom. The van der Waals surface area contributed by atoms with Crippen molar-refractivity contribution in [3.63, 3.8) is 0 Å². The van der Waals surface area contributed by atoms with Gasteiger partial charge in [0.1, 0.15) is 11.4 Å². The van der Waals surface area contributed by atoms with Gasteiger partial charge in [-0.25, -0.2) is 0 Å². The highest BCUT2D eigenvalue weighted by Crippen LogP contribution is 2.38. The summed E-state index contributed by atoms with van der Waals surface area (Å²) in [5.74, 6) is 0.640. The lowest BCUT2D eigenvalue weighted by Gasteiger charge is -2.39. The summed E-state index contributed by atoms with van der Waals surface area (Å²) in [6.45, 7) is 3.34. The summed E-state index contributed by atoms with van der Waals surface area (Å²) < 4.78 is 44.3. The van der Waals surface area contributed by atoms with Crippen LogP contribution in [0.3, 0.4) is 0 Å². The van der Waals surface area contributed by atoms with Crippen LogP contribution < -0.4 is 14.5 Å². The summed E-state index contributed by atoms with van der Waals surface area (Å²) in [4.78, 5) is 29.5. The summed E-state index contributed by atoms with van der Waals surface area (Å²) in [5.41, 5.74) is -0.423. The van der Waals surface area contributed by atoms with E-state index in [2.05, 4.69) is 4.90 Å². The van der Waals surface area contributed by atoms with Gasteiger partial charge in [0, 0.05) is 63.0 Å². The molecule has 0 bridgehead atoms. The zero-order chi connectivity index (χ0) is 25.2. The molecule has 0 unspecified atom stereocenters. The van der Waals surface area contributed by atoms with Crippen LogP contribution in [0.2, 0.25) is 0 Å². The first-order valence-electron chi connectivity index (χ1n) is 11.5. The van der Waals surface area contributed by atoms with E-state index >= 15 is 0 Å². The molecule has 1 amide bonds. The lowest BCUT2D eigenvalue weighted by Crippen LogP contribution is -2.51. The summed E-state index contributed by atoms with van der Waals surface area (Å²) in [6, 6.07) is 10.4. The summed E-state index contributed by atoms with van der Waals surface area (Å²) in [7, 11) is 1.62. The zero-order valence-corrected chi connectivity index (χ0v) is 19.3. The van der Waals surface area contributed by atoms with Crippen molar-refractivity contribution in [3.8, 4) is 5.75 Å². The SMILES string of the molecule is COc1cccc(N2CCN(C(=O)C3CCN(c4ccc(C(F)(F)F)cc4[N+](=O)[O-])CC3)CC2)c1. The second kappa shape index (κ2) is 10.0. The molecule has 2 aromatic rings. The molecule has 35 heavy (non-hydrogen) atoms. The van der Waals surface area contributed by atoms with E-state index < -0.39 is 22.4 Å². The second-order valence-corrected chi connectivity index (χ2v) is 8.73. The molecule has 0 spiro atoms. The predicted molar refractivity (Wildman–Crippen MR) is 125 cm³/mol. The quantitative estimate of drug-likeness (QED) is 0.460. The van der Waals surface area contributed by atoms with Crippen molar-refractivity contribution >= 4 is 23.0 Å². The lowest BCUT2D eigenvalue weighted by atomic mass is 9.94. The Labute approximate surface area is 201 Å². The smallest absolute Gasteiger partial charge is 0.416 e. The second-order valence-electron chi connectivity index (χ2n) is 8.73. The number of hydrogen-bond acceptors (Lipinski definition) is 6. The van der Waals surface area contributed by atoms with Gasteiger partial charge in [-0.2, -0.15) is 13.2 Å². The summed E-state index contributed by atoms with van der Waals surface area (Å²) in [5, 5.41) is 11.4. The van der Waals surface area contributed by atoms with Crippen LogP contribution in [0.25, 0.3) is 0 Å². The topological polar surface area (TPSA) is 79.2 Å². The Balaban J connectivity index is 1.34. The number of halogens is 3. The van der Waals surface area contributed by atoms with Crippen LogP contribution in [0.15, 0.2) is 42.5 Å². The van der Waals surface area contributed by atoms with E-state index in [1.54, 1.807) is 12.0 Å². The van der Waals surface area contributed by atoms with E-state index in [1.807, 2.05) is 29.2 Å². The molecule has 2 aliphatic heterocycles. The highest BCUT2D eigenvalue weighted by Gasteiger charge is 2.35. The molecule has 2 heterocycles. The predicted octanol–water partition coefficient (Wildman–Crippen LogP) is 4.19. The normalized spacial score (nSPS) is 17.4. The molecular formula is C24H27F3N4O4. The van der Waals surface area contributed by atoms with Crippen LogP contribution in [0.4, 0.5) is 30.2 Å². The van der Waals surface area contributed by atoms with Gasteiger partial charge in [-0.3, -0.25) is 14.9 Å². The maximum atomic E-state index is 13.1. The molecule has 11 heteroatoms. The monoisotopic (exact) mass is 492 g/mol. The van der Waals surface area contributed by atoms with Crippen LogP contribution in [-0.2, 0) is 11.0 Å². The van der Waals surface area contributed by atoms with E-state index in [0.717, 1.165) is 23.6 Å². The molecule has 0 saturated carbocycles. The first-order valence-corrected chi connectivity index (χ1v) is 11.5. The van der Waals surface area contributed by atoms with Crippen molar-refractivity contribution in [1.82, 2.24) is 4.90 Å². The first-order chi connectivity index (χ1) is 16.7. The van der Waals surface area contributed by atoms with Crippen LogP contribution in [-0.4, -0.2) is 62.1 Å². The Morgan fingerprint density at radius 1 is 1.00 bits per heavy atom. The number of piperazine rings is 1. The number of nitrogens with zero attached hydrogens (tertiary/aromatic N) is 4. The molecule has 2 aromatic carbocycles. The van der Waals surface area contributed by atoms with Crippen molar-refractivity contribution in [1.29, 1.82) is 0 Å². The molecule has 4 rings (SSSR count). The van der Waals surface area contributed by atoms with Gasteiger partial charge in [0.2, 0.25) is 5.91 Å². The minimum atomic E-state index is -4.65. The van der Waals surface area contributed by atoms with E-state index in [1.165, 1.54) is 0 Å². The van der Waals surface area contributed by atoms with Crippen molar-refractivity contribution in [2.24, 2.45) is 5.92 Å². The third kappa shape index (κ3) is 5.44. The highest BCUT2D eigenvalue weighted by molar-refractivity contribution is 5.79. The number of nitro groups is 1. The molecule has 188 valence electrons. The molecule has 0 atom stereocenters. The Bertz CT molecular complexity index is 1080. The molecule has 0 radical (unpaired) electrons. The number of nitro benzene ring substituents is 1. The number of amides is 1. The Morgan fingerprint density at radius 3 is 2.29 bits per heavy atom. The van der Waals surface area contributed by atoms with Crippen LogP contribution >= 0.6 is 0 Å². The van der Waals surface area contributed by atoms with Crippen molar-refractivity contribution in [3.05, 3.63) is 58.1 Å². The van der Waals surface area contributed by atoms with Gasteiger partial charge in [0.05, 0.1) is 17.6 Å². The van der Waals surface area contributed by atoms with Gasteiger partial charge in [-0.05, 0) is 37.1 Å². The van der Waals surface area contributed by atoms with Gasteiger partial charge in [-0.15, -0.1) is 0 Å². The third-order valence-electron chi connectivity index (χ3n) is 6.69. The molecule has 0 aromatic heterocycles. The van der Waals surface area contributed by atoms with Crippen LogP contribution in [0, 0.1) is 16.0 Å². The van der Waals surface area contributed by atoms with E-state index in [0.29, 0.717) is 58.2 Å². The van der Waals surface area contributed by atoms with E-state index in [4.69, 9.17) is 4.74 Å². The number of rotatable bonds is 5. The number of anilines is 2. The average Bonchev–Trinajstić information content (AvgIpc) is 2.87. The van der Waals surface area contributed by atoms with Crippen molar-refractivity contribution in [2.75, 3.05) is 56.2 Å². The molecule has 0 aliphatic carbocycles. The molecule has 0 N–H and O–H groups in total. The number of carbonyl (C=O) groups excluding carboxylic acids is 1. The average molecular weight is 492 g/mol. The third-order valence-corrected chi connectivity index (χ3v) is 6.69. The number of piperidine rings is 1. The minimum Gasteiger partial charge on any atom is -0.497 e. The molecule has 8 nitrogen and oxygen atoms in total. The summed E-state index contributed by atoms with van der Waals surface area (Å²) in [6.07, 6.45) is -3.67. The number of carbonyl (C=O) groups is 1. The van der Waals surface area contributed by atoms with Crippen LogP contribution in [0.1, 0.15) is 18.4 Å². The standard InChI is InChI=1S/C24H27F3N4O4/c1-35-20-4-2-3-19(16-20)28-11-13-30(14-12-28)23(32)17-7-9-29(10-8-17)21-6-5-18(24(25,26)27)15-22(21)31(33)34/h2-6,15-17H,7-14H2,1H3. The summed E-state index contributed by atoms with van der Waals surface area (Å²) >= 11 is 0. The number of benzene rings is 2. The maximum Gasteiger partial charge on any atom is 0.416 e. The van der Waals surface area contributed by atoms with Crippen LogP contribution in [0.5, 0.6) is 5.75 Å². The fraction of sp³-hybridized carbons (Fsp3) is 0.458. The lowest BCUT2D eigenvalue weighted by molar-refractivity contribution is -0.384. The van der Waals surface area contributed by atoms with Crippen molar-refractivity contribution in [2.45, 2.75) is 19.0 Å². The number of ether oxygens (including phenoxy) is 1. The van der Waals surface area contributed by atoms with Gasteiger partial charge >= 0.3 is 6.18 Å². The Hall–Kier alpha value is -3.50. The number of alkyl halides is 3. The zero-order valence-electron chi connectivity index (χ0n) is 19.3. The minimum absolute atomic E-state index is 0.0665. The molecule has 2 saturated heterocycles. The van der Waals surface area contributed by atoms with E-state index in [-0.39, 0.29) is 17.5 Å². The molecule has 2 aliphatic rings. The number of methoxy groups -OCH3 is 1. The van der Waals surface area contributed by atoms with Gasteiger partial charge < -0.3 is 19.4 Å². The first kappa shape index (κ1) is 24.6. The van der Waals surface area contributed by atoms with Crippen molar-refractivity contribution < 1.29 is 27.6 Å². The largest absolute Gasteiger partial charge is 0.497 e. The fourth-order valence-electron chi connectivity index (χ4n) is 4.73. The maximum absolute atomic E-state index is 13.1.